The zero-order valence-corrected chi connectivity index (χ0v) is 11.9. The molecular formula is C15H16N4O3. The SMILES string of the molecule is O=C(O)C1CCN(C(=O)c2cnn(-c3ccccc3)n2)CC1. The van der Waals surface area contributed by atoms with Gasteiger partial charge in [0.25, 0.3) is 5.91 Å². The van der Waals surface area contributed by atoms with Gasteiger partial charge in [-0.2, -0.15) is 9.90 Å². The average Bonchev–Trinajstić information content (AvgIpc) is 3.05. The predicted molar refractivity (Wildman–Crippen MR) is 77.6 cm³/mol. The summed E-state index contributed by atoms with van der Waals surface area (Å²) in [6, 6.07) is 9.35. The molecule has 0 spiro atoms. The standard InChI is InChI=1S/C15H16N4O3/c20-14(18-8-6-11(7-9-18)15(21)22)13-10-16-19(17-13)12-4-2-1-3-5-12/h1-5,10-11H,6-9H2,(H,21,22). The molecule has 114 valence electrons. The Kier molecular flexibility index (Phi) is 3.86. The van der Waals surface area contributed by atoms with Crippen molar-refractivity contribution in [1.29, 1.82) is 0 Å². The molecule has 1 aromatic carbocycles. The fourth-order valence-corrected chi connectivity index (χ4v) is 2.54. The maximum atomic E-state index is 12.4. The molecule has 0 aliphatic carbocycles. The minimum Gasteiger partial charge on any atom is -0.481 e. The number of para-hydroxylation sites is 1. The number of carbonyl (C=O) groups excluding carboxylic acids is 1. The van der Waals surface area contributed by atoms with Gasteiger partial charge in [0.2, 0.25) is 0 Å². The average molecular weight is 300 g/mol. The monoisotopic (exact) mass is 300 g/mol. The predicted octanol–water partition coefficient (Wildman–Crippen LogP) is 1.20. The van der Waals surface area contributed by atoms with Crippen LogP contribution in [0.1, 0.15) is 23.3 Å². The topological polar surface area (TPSA) is 88.3 Å². The number of amides is 1. The molecule has 1 N–H and O–H groups in total. The Morgan fingerprint density at radius 3 is 2.45 bits per heavy atom. The van der Waals surface area contributed by atoms with Crippen LogP contribution in [0.3, 0.4) is 0 Å². The molecule has 2 aromatic rings. The summed E-state index contributed by atoms with van der Waals surface area (Å²) < 4.78 is 0. The van der Waals surface area contributed by atoms with Crippen LogP contribution in [-0.4, -0.2) is 50.0 Å². The van der Waals surface area contributed by atoms with Crippen LogP contribution < -0.4 is 0 Å². The van der Waals surface area contributed by atoms with Crippen molar-refractivity contribution in [2.24, 2.45) is 5.92 Å². The van der Waals surface area contributed by atoms with Crippen molar-refractivity contribution in [3.63, 3.8) is 0 Å². The maximum absolute atomic E-state index is 12.4. The molecule has 2 heterocycles. The first-order valence-corrected chi connectivity index (χ1v) is 7.15. The number of aliphatic carboxylic acids is 1. The molecule has 22 heavy (non-hydrogen) atoms. The van der Waals surface area contributed by atoms with E-state index in [2.05, 4.69) is 10.2 Å². The number of aromatic nitrogens is 3. The van der Waals surface area contributed by atoms with Gasteiger partial charge >= 0.3 is 5.97 Å². The second-order valence-corrected chi connectivity index (χ2v) is 5.26. The Balaban J connectivity index is 1.69. The largest absolute Gasteiger partial charge is 0.481 e. The lowest BCUT2D eigenvalue weighted by Crippen LogP contribution is -2.40. The molecule has 0 saturated carbocycles. The minimum absolute atomic E-state index is 0.203. The summed E-state index contributed by atoms with van der Waals surface area (Å²) in [6.45, 7) is 0.877. The third kappa shape index (κ3) is 2.83. The summed E-state index contributed by atoms with van der Waals surface area (Å²) in [5.41, 5.74) is 1.06. The molecule has 3 rings (SSSR count). The van der Waals surface area contributed by atoms with Crippen molar-refractivity contribution in [3.8, 4) is 5.69 Å². The van der Waals surface area contributed by atoms with Crippen LogP contribution in [0.15, 0.2) is 36.5 Å². The fourth-order valence-electron chi connectivity index (χ4n) is 2.54. The molecule has 7 nitrogen and oxygen atoms in total. The molecule has 0 unspecified atom stereocenters. The molecule has 1 aliphatic rings. The Bertz CT molecular complexity index is 675. The Morgan fingerprint density at radius 1 is 1.14 bits per heavy atom. The van der Waals surface area contributed by atoms with Gasteiger partial charge in [-0.05, 0) is 25.0 Å². The summed E-state index contributed by atoms with van der Waals surface area (Å²) in [5.74, 6) is -1.35. The quantitative estimate of drug-likeness (QED) is 0.920. The lowest BCUT2D eigenvalue weighted by atomic mass is 9.97. The van der Waals surface area contributed by atoms with Crippen LogP contribution in [0.5, 0.6) is 0 Å². The van der Waals surface area contributed by atoms with E-state index in [4.69, 9.17) is 5.11 Å². The Morgan fingerprint density at radius 2 is 1.82 bits per heavy atom. The number of rotatable bonds is 3. The summed E-state index contributed by atoms with van der Waals surface area (Å²) in [6.07, 6.45) is 2.40. The first kappa shape index (κ1) is 14.2. The van der Waals surface area contributed by atoms with E-state index in [1.54, 1.807) is 4.90 Å². The highest BCUT2D eigenvalue weighted by Crippen LogP contribution is 2.18. The van der Waals surface area contributed by atoms with Gasteiger partial charge in [0.1, 0.15) is 0 Å². The highest BCUT2D eigenvalue weighted by molar-refractivity contribution is 5.92. The molecule has 1 amide bonds. The number of piperidine rings is 1. The van der Waals surface area contributed by atoms with E-state index in [-0.39, 0.29) is 17.5 Å². The van der Waals surface area contributed by atoms with E-state index >= 15 is 0 Å². The fraction of sp³-hybridized carbons (Fsp3) is 0.333. The molecule has 0 atom stereocenters. The molecule has 1 aromatic heterocycles. The van der Waals surface area contributed by atoms with E-state index in [0.29, 0.717) is 25.9 Å². The maximum Gasteiger partial charge on any atom is 0.306 e. The molecule has 1 fully saturated rings. The number of hydrogen-bond donors (Lipinski definition) is 1. The number of benzene rings is 1. The van der Waals surface area contributed by atoms with Crippen LogP contribution in [0.4, 0.5) is 0 Å². The number of hydrogen-bond acceptors (Lipinski definition) is 4. The third-order valence-electron chi connectivity index (χ3n) is 3.83. The highest BCUT2D eigenvalue weighted by Gasteiger charge is 2.28. The van der Waals surface area contributed by atoms with Crippen LogP contribution in [0.25, 0.3) is 5.69 Å². The molecule has 1 saturated heterocycles. The second-order valence-electron chi connectivity index (χ2n) is 5.26. The van der Waals surface area contributed by atoms with Gasteiger partial charge < -0.3 is 10.0 Å². The van der Waals surface area contributed by atoms with Crippen molar-refractivity contribution < 1.29 is 14.7 Å². The van der Waals surface area contributed by atoms with Crippen LogP contribution in [0, 0.1) is 5.92 Å². The smallest absolute Gasteiger partial charge is 0.306 e. The first-order valence-electron chi connectivity index (χ1n) is 7.15. The van der Waals surface area contributed by atoms with Gasteiger partial charge in [0.15, 0.2) is 5.69 Å². The summed E-state index contributed by atoms with van der Waals surface area (Å²) in [4.78, 5) is 26.4. The zero-order chi connectivity index (χ0) is 15.5. The van der Waals surface area contributed by atoms with Gasteiger partial charge in [-0.3, -0.25) is 9.59 Å². The number of carboxylic acids is 1. The van der Waals surface area contributed by atoms with E-state index < -0.39 is 5.97 Å². The van der Waals surface area contributed by atoms with Crippen molar-refractivity contribution in [2.45, 2.75) is 12.8 Å². The minimum atomic E-state index is -0.790. The van der Waals surface area contributed by atoms with Gasteiger partial charge in [0, 0.05) is 13.1 Å². The number of carboxylic acid groups (broad SMARTS) is 1. The van der Waals surface area contributed by atoms with Crippen LogP contribution >= 0.6 is 0 Å². The molecule has 0 bridgehead atoms. The molecular weight excluding hydrogens is 284 g/mol. The van der Waals surface area contributed by atoms with Crippen molar-refractivity contribution >= 4 is 11.9 Å². The Hall–Kier alpha value is -2.70. The van der Waals surface area contributed by atoms with Crippen molar-refractivity contribution in [2.75, 3.05) is 13.1 Å². The molecule has 1 aliphatic heterocycles. The summed E-state index contributed by atoms with van der Waals surface area (Å²) >= 11 is 0. The second kappa shape index (κ2) is 5.97. The Labute approximate surface area is 127 Å². The van der Waals surface area contributed by atoms with Gasteiger partial charge in [-0.25, -0.2) is 0 Å². The van der Waals surface area contributed by atoms with Gasteiger partial charge in [-0.15, -0.1) is 5.10 Å². The highest BCUT2D eigenvalue weighted by atomic mass is 16.4. The number of carbonyl (C=O) groups is 2. The third-order valence-corrected chi connectivity index (χ3v) is 3.83. The zero-order valence-electron chi connectivity index (χ0n) is 11.9. The van der Waals surface area contributed by atoms with E-state index in [1.165, 1.54) is 11.0 Å². The molecule has 0 radical (unpaired) electrons. The lowest BCUT2D eigenvalue weighted by molar-refractivity contribution is -0.143. The normalized spacial score (nSPS) is 15.7. The summed E-state index contributed by atoms with van der Waals surface area (Å²) in [5, 5.41) is 17.3. The van der Waals surface area contributed by atoms with Crippen LogP contribution in [0.2, 0.25) is 0 Å². The lowest BCUT2D eigenvalue weighted by Gasteiger charge is -2.29. The van der Waals surface area contributed by atoms with Crippen molar-refractivity contribution in [3.05, 3.63) is 42.2 Å². The number of likely N-dealkylation sites (tertiary alicyclic amines) is 1. The van der Waals surface area contributed by atoms with Gasteiger partial charge in [-0.1, -0.05) is 18.2 Å². The van der Waals surface area contributed by atoms with E-state index in [9.17, 15) is 9.59 Å². The number of nitrogens with zero attached hydrogens (tertiary/aromatic N) is 4. The van der Waals surface area contributed by atoms with E-state index in [1.807, 2.05) is 30.3 Å². The van der Waals surface area contributed by atoms with Crippen molar-refractivity contribution in [1.82, 2.24) is 19.9 Å². The molecule has 7 heteroatoms. The van der Waals surface area contributed by atoms with E-state index in [0.717, 1.165) is 5.69 Å². The summed E-state index contributed by atoms with van der Waals surface area (Å²) in [7, 11) is 0. The van der Waals surface area contributed by atoms with Gasteiger partial charge in [0.05, 0.1) is 17.8 Å². The first-order chi connectivity index (χ1) is 10.6. The van der Waals surface area contributed by atoms with Crippen LogP contribution in [-0.2, 0) is 4.79 Å².